The minimum atomic E-state index is -0.196. The molecule has 2 aromatic rings. The Bertz CT molecular complexity index is 601. The van der Waals surface area contributed by atoms with Gasteiger partial charge in [0.15, 0.2) is 0 Å². The first-order valence-corrected chi connectivity index (χ1v) is 8.17. The van der Waals surface area contributed by atoms with Gasteiger partial charge in [0.1, 0.15) is 5.82 Å². The average molecular weight is 324 g/mol. The summed E-state index contributed by atoms with van der Waals surface area (Å²) in [5, 5.41) is 4.11. The van der Waals surface area contributed by atoms with Crippen molar-refractivity contribution < 1.29 is 4.39 Å². The predicted octanol–water partition coefficient (Wildman–Crippen LogP) is 5.38. The Balaban J connectivity index is 2.16. The molecule has 0 aliphatic rings. The van der Waals surface area contributed by atoms with E-state index in [0.717, 1.165) is 23.5 Å². The van der Waals surface area contributed by atoms with Crippen molar-refractivity contribution in [2.24, 2.45) is 5.92 Å². The molecule has 0 heterocycles. The summed E-state index contributed by atoms with van der Waals surface area (Å²) in [4.78, 5) is 1.66. The van der Waals surface area contributed by atoms with E-state index in [9.17, 15) is 4.39 Å². The topological polar surface area (TPSA) is 12.0 Å². The molecule has 0 spiro atoms. The zero-order valence-electron chi connectivity index (χ0n) is 12.2. The first-order valence-electron chi connectivity index (χ1n) is 6.98. The maximum atomic E-state index is 13.8. The molecule has 21 heavy (non-hydrogen) atoms. The summed E-state index contributed by atoms with van der Waals surface area (Å²) >= 11 is 7.52. The van der Waals surface area contributed by atoms with Gasteiger partial charge in [-0.05, 0) is 48.4 Å². The maximum Gasteiger partial charge on any atom is 0.137 e. The van der Waals surface area contributed by atoms with Gasteiger partial charge in [-0.15, -0.1) is 0 Å². The molecular formula is C17H19ClFNS. The predicted molar refractivity (Wildman–Crippen MR) is 88.5 cm³/mol. The fourth-order valence-electron chi connectivity index (χ4n) is 1.93. The Morgan fingerprint density at radius 3 is 2.62 bits per heavy atom. The van der Waals surface area contributed by atoms with Crippen molar-refractivity contribution in [3.05, 3.63) is 58.9 Å². The first-order chi connectivity index (χ1) is 10.1. The average Bonchev–Trinajstić information content (AvgIpc) is 2.43. The highest BCUT2D eigenvalue weighted by molar-refractivity contribution is 7.99. The molecule has 0 aliphatic carbocycles. The molecule has 0 aromatic heterocycles. The van der Waals surface area contributed by atoms with Gasteiger partial charge in [-0.25, -0.2) is 4.39 Å². The largest absolute Gasteiger partial charge is 0.312 e. The third-order valence-corrected chi connectivity index (χ3v) is 4.35. The van der Waals surface area contributed by atoms with E-state index in [1.54, 1.807) is 12.1 Å². The summed E-state index contributed by atoms with van der Waals surface area (Å²) < 4.78 is 13.8. The second kappa shape index (κ2) is 7.83. The summed E-state index contributed by atoms with van der Waals surface area (Å²) in [6.07, 6.45) is 0. The van der Waals surface area contributed by atoms with Crippen molar-refractivity contribution in [1.82, 2.24) is 5.32 Å². The Morgan fingerprint density at radius 1 is 1.14 bits per heavy atom. The van der Waals surface area contributed by atoms with Gasteiger partial charge in [0.25, 0.3) is 0 Å². The second-order valence-corrected chi connectivity index (χ2v) is 6.83. The van der Waals surface area contributed by atoms with E-state index in [0.29, 0.717) is 15.8 Å². The lowest BCUT2D eigenvalue weighted by molar-refractivity contribution is 0.550. The van der Waals surface area contributed by atoms with E-state index in [2.05, 4.69) is 19.2 Å². The lowest BCUT2D eigenvalue weighted by Crippen LogP contribution is -2.19. The van der Waals surface area contributed by atoms with Crippen LogP contribution in [0.3, 0.4) is 0 Å². The van der Waals surface area contributed by atoms with Crippen LogP contribution in [-0.2, 0) is 6.54 Å². The maximum absolute atomic E-state index is 13.8. The summed E-state index contributed by atoms with van der Waals surface area (Å²) in [6, 6.07) is 12.6. The molecule has 2 aromatic carbocycles. The second-order valence-electron chi connectivity index (χ2n) is 5.31. The van der Waals surface area contributed by atoms with E-state index in [-0.39, 0.29) is 5.82 Å². The molecule has 0 amide bonds. The smallest absolute Gasteiger partial charge is 0.137 e. The molecule has 2 rings (SSSR count). The molecule has 4 heteroatoms. The van der Waals surface area contributed by atoms with Crippen molar-refractivity contribution in [1.29, 1.82) is 0 Å². The fraction of sp³-hybridized carbons (Fsp3) is 0.294. The molecule has 0 saturated heterocycles. The van der Waals surface area contributed by atoms with E-state index >= 15 is 0 Å². The van der Waals surface area contributed by atoms with E-state index in [4.69, 9.17) is 11.6 Å². The third kappa shape index (κ3) is 5.03. The number of hydrogen-bond acceptors (Lipinski definition) is 2. The summed E-state index contributed by atoms with van der Waals surface area (Å²) in [6.45, 7) is 6.01. The molecule has 0 fully saturated rings. The van der Waals surface area contributed by atoms with Crippen molar-refractivity contribution in [3.63, 3.8) is 0 Å². The van der Waals surface area contributed by atoms with E-state index in [1.165, 1.54) is 17.8 Å². The van der Waals surface area contributed by atoms with Gasteiger partial charge in [0.05, 0.1) is 0 Å². The zero-order chi connectivity index (χ0) is 15.2. The Morgan fingerprint density at radius 2 is 1.90 bits per heavy atom. The van der Waals surface area contributed by atoms with E-state index in [1.807, 2.05) is 24.3 Å². The highest BCUT2D eigenvalue weighted by Crippen LogP contribution is 2.33. The molecule has 0 bridgehead atoms. The normalized spacial score (nSPS) is 11.1. The van der Waals surface area contributed by atoms with Gasteiger partial charge in [0.2, 0.25) is 0 Å². The van der Waals surface area contributed by atoms with Crippen LogP contribution in [0, 0.1) is 11.7 Å². The fourth-order valence-corrected chi connectivity index (χ4v) is 3.07. The number of rotatable bonds is 6. The van der Waals surface area contributed by atoms with Crippen LogP contribution >= 0.6 is 23.4 Å². The van der Waals surface area contributed by atoms with Crippen LogP contribution in [0.1, 0.15) is 19.4 Å². The van der Waals surface area contributed by atoms with Gasteiger partial charge in [-0.2, -0.15) is 0 Å². The highest BCUT2D eigenvalue weighted by atomic mass is 35.5. The molecule has 1 N–H and O–H groups in total. The Labute approximate surface area is 134 Å². The van der Waals surface area contributed by atoms with E-state index < -0.39 is 0 Å². The minimum absolute atomic E-state index is 0.196. The van der Waals surface area contributed by atoms with Crippen LogP contribution in [0.5, 0.6) is 0 Å². The quantitative estimate of drug-likeness (QED) is 0.766. The lowest BCUT2D eigenvalue weighted by atomic mass is 10.2. The SMILES string of the molecule is CC(C)CNCc1cc(Cl)ccc1Sc1ccccc1F. The van der Waals surface area contributed by atoms with Crippen molar-refractivity contribution in [2.45, 2.75) is 30.2 Å². The molecule has 0 aliphatic heterocycles. The molecular weight excluding hydrogens is 305 g/mol. The standard InChI is InChI=1S/C17H19ClFNS/c1-12(2)10-20-11-13-9-14(18)7-8-16(13)21-17-6-4-3-5-15(17)19/h3-9,12,20H,10-11H2,1-2H3. The number of hydrogen-bond donors (Lipinski definition) is 1. The van der Waals surface area contributed by atoms with Crippen LogP contribution in [-0.4, -0.2) is 6.54 Å². The van der Waals surface area contributed by atoms with Crippen LogP contribution in [0.2, 0.25) is 5.02 Å². The minimum Gasteiger partial charge on any atom is -0.312 e. The summed E-state index contributed by atoms with van der Waals surface area (Å²) in [7, 11) is 0. The first kappa shape index (κ1) is 16.3. The van der Waals surface area contributed by atoms with Gasteiger partial charge in [0, 0.05) is 21.4 Å². The van der Waals surface area contributed by atoms with Crippen LogP contribution < -0.4 is 5.32 Å². The highest BCUT2D eigenvalue weighted by Gasteiger charge is 2.08. The van der Waals surface area contributed by atoms with Gasteiger partial charge >= 0.3 is 0 Å². The van der Waals surface area contributed by atoms with Crippen LogP contribution in [0.25, 0.3) is 0 Å². The molecule has 0 atom stereocenters. The summed E-state index contributed by atoms with van der Waals surface area (Å²) in [5.41, 5.74) is 1.09. The van der Waals surface area contributed by atoms with Crippen molar-refractivity contribution >= 4 is 23.4 Å². The number of nitrogens with one attached hydrogen (secondary N) is 1. The van der Waals surface area contributed by atoms with Gasteiger partial charge < -0.3 is 5.32 Å². The molecule has 0 unspecified atom stereocenters. The van der Waals surface area contributed by atoms with Gasteiger partial charge in [-0.3, -0.25) is 0 Å². The monoisotopic (exact) mass is 323 g/mol. The van der Waals surface area contributed by atoms with Crippen molar-refractivity contribution in [3.8, 4) is 0 Å². The lowest BCUT2D eigenvalue weighted by Gasteiger charge is -2.12. The number of benzene rings is 2. The third-order valence-electron chi connectivity index (χ3n) is 2.95. The van der Waals surface area contributed by atoms with Crippen molar-refractivity contribution in [2.75, 3.05) is 6.54 Å². The Kier molecular flexibility index (Phi) is 6.09. The van der Waals surface area contributed by atoms with Crippen LogP contribution in [0.15, 0.2) is 52.3 Å². The summed E-state index contributed by atoms with van der Waals surface area (Å²) in [5.74, 6) is 0.394. The molecule has 0 radical (unpaired) electrons. The van der Waals surface area contributed by atoms with Crippen LogP contribution in [0.4, 0.5) is 4.39 Å². The Hall–Kier alpha value is -1.03. The molecule has 0 saturated carbocycles. The molecule has 1 nitrogen and oxygen atoms in total. The van der Waals surface area contributed by atoms with Gasteiger partial charge in [-0.1, -0.05) is 49.3 Å². The number of halogens is 2. The zero-order valence-corrected chi connectivity index (χ0v) is 13.8. The molecule has 112 valence electrons.